The molecule has 2 aromatic rings. The van der Waals surface area contributed by atoms with Crippen molar-refractivity contribution in [3.05, 3.63) is 64.2 Å². The summed E-state index contributed by atoms with van der Waals surface area (Å²) in [4.78, 5) is 0. The summed E-state index contributed by atoms with van der Waals surface area (Å²) < 4.78 is 32.4. The molecule has 1 N–H and O–H groups in total. The van der Waals surface area contributed by atoms with Gasteiger partial charge in [0, 0.05) is 18.2 Å². The molecule has 1 atom stereocenters. The van der Waals surface area contributed by atoms with Crippen LogP contribution in [0.3, 0.4) is 0 Å². The Morgan fingerprint density at radius 2 is 1.86 bits per heavy atom. The molecule has 0 saturated carbocycles. The van der Waals surface area contributed by atoms with Crippen molar-refractivity contribution in [2.75, 3.05) is 7.11 Å². The van der Waals surface area contributed by atoms with Gasteiger partial charge >= 0.3 is 0 Å². The van der Waals surface area contributed by atoms with E-state index in [1.807, 2.05) is 6.07 Å². The molecule has 2 nitrogen and oxygen atoms in total. The lowest BCUT2D eigenvalue weighted by molar-refractivity contribution is 0.414. The van der Waals surface area contributed by atoms with E-state index in [0.717, 1.165) is 5.56 Å². The maximum absolute atomic E-state index is 13.7. The first kappa shape index (κ1) is 15.7. The summed E-state index contributed by atoms with van der Waals surface area (Å²) in [6, 6.07) is 8.77. The minimum Gasteiger partial charge on any atom is -0.495 e. The van der Waals surface area contributed by atoms with Crippen LogP contribution in [-0.4, -0.2) is 7.11 Å². The van der Waals surface area contributed by atoms with Crippen LogP contribution in [-0.2, 0) is 6.54 Å². The standard InChI is InChI=1S/C16H16ClF2NO/c1-10(16-13(18)4-3-5-14(16)19)20-9-11-6-7-15(21-2)12(17)8-11/h3-8,10,20H,9H2,1-2H3. The van der Waals surface area contributed by atoms with Crippen molar-refractivity contribution >= 4 is 11.6 Å². The highest BCUT2D eigenvalue weighted by atomic mass is 35.5. The Bertz CT molecular complexity index is 613. The molecule has 0 fully saturated rings. The second-order valence-electron chi connectivity index (χ2n) is 4.71. The van der Waals surface area contributed by atoms with Gasteiger partial charge in [-0.2, -0.15) is 0 Å². The normalized spacial score (nSPS) is 12.2. The Hall–Kier alpha value is -1.65. The maximum Gasteiger partial charge on any atom is 0.137 e. The Labute approximate surface area is 127 Å². The Morgan fingerprint density at radius 1 is 1.19 bits per heavy atom. The van der Waals surface area contributed by atoms with Crippen molar-refractivity contribution in [1.29, 1.82) is 0 Å². The van der Waals surface area contributed by atoms with Crippen molar-refractivity contribution in [3.8, 4) is 5.75 Å². The van der Waals surface area contributed by atoms with Crippen LogP contribution in [0.1, 0.15) is 24.1 Å². The summed E-state index contributed by atoms with van der Waals surface area (Å²) in [5.74, 6) is -0.515. The molecule has 0 spiro atoms. The second-order valence-corrected chi connectivity index (χ2v) is 5.11. The lowest BCUT2D eigenvalue weighted by Gasteiger charge is -2.16. The predicted octanol–water partition coefficient (Wildman–Crippen LogP) is 4.48. The SMILES string of the molecule is COc1ccc(CNC(C)c2c(F)cccc2F)cc1Cl. The Morgan fingerprint density at radius 3 is 2.43 bits per heavy atom. The minimum absolute atomic E-state index is 0.0390. The lowest BCUT2D eigenvalue weighted by Crippen LogP contribution is -2.20. The number of ether oxygens (including phenoxy) is 1. The first-order valence-electron chi connectivity index (χ1n) is 6.52. The van der Waals surface area contributed by atoms with Gasteiger partial charge in [-0.15, -0.1) is 0 Å². The number of hydrogen-bond acceptors (Lipinski definition) is 2. The molecule has 2 rings (SSSR count). The minimum atomic E-state index is -0.553. The van der Waals surface area contributed by atoms with E-state index in [4.69, 9.17) is 16.3 Å². The predicted molar refractivity (Wildman–Crippen MR) is 79.6 cm³/mol. The summed E-state index contributed by atoms with van der Waals surface area (Å²) in [5.41, 5.74) is 0.946. The third-order valence-electron chi connectivity index (χ3n) is 3.26. The zero-order chi connectivity index (χ0) is 15.4. The van der Waals surface area contributed by atoms with E-state index in [1.165, 1.54) is 18.2 Å². The topological polar surface area (TPSA) is 21.3 Å². The van der Waals surface area contributed by atoms with Crippen molar-refractivity contribution in [2.24, 2.45) is 0 Å². The number of benzene rings is 2. The fourth-order valence-corrected chi connectivity index (χ4v) is 2.40. The molecular formula is C16H16ClF2NO. The van der Waals surface area contributed by atoms with Gasteiger partial charge in [0.25, 0.3) is 0 Å². The molecule has 0 bridgehead atoms. The quantitative estimate of drug-likeness (QED) is 0.879. The maximum atomic E-state index is 13.7. The molecule has 2 aromatic carbocycles. The van der Waals surface area contributed by atoms with E-state index < -0.39 is 17.7 Å². The summed E-state index contributed by atoms with van der Waals surface area (Å²) in [6.45, 7) is 2.16. The van der Waals surface area contributed by atoms with Gasteiger partial charge in [0.05, 0.1) is 12.1 Å². The molecule has 0 aromatic heterocycles. The molecule has 1 unspecified atom stereocenters. The number of hydrogen-bond donors (Lipinski definition) is 1. The summed E-state index contributed by atoms with van der Waals surface area (Å²) in [7, 11) is 1.54. The smallest absolute Gasteiger partial charge is 0.137 e. The monoisotopic (exact) mass is 311 g/mol. The van der Waals surface area contributed by atoms with Crippen molar-refractivity contribution in [3.63, 3.8) is 0 Å². The van der Waals surface area contributed by atoms with Crippen molar-refractivity contribution in [2.45, 2.75) is 19.5 Å². The molecule has 112 valence electrons. The zero-order valence-electron chi connectivity index (χ0n) is 11.8. The van der Waals surface area contributed by atoms with E-state index in [-0.39, 0.29) is 5.56 Å². The van der Waals surface area contributed by atoms with Crippen LogP contribution in [0.25, 0.3) is 0 Å². The highest BCUT2D eigenvalue weighted by Gasteiger charge is 2.15. The second kappa shape index (κ2) is 6.87. The summed E-state index contributed by atoms with van der Waals surface area (Å²) in [5, 5.41) is 3.58. The van der Waals surface area contributed by atoms with Crippen LogP contribution < -0.4 is 10.1 Å². The van der Waals surface area contributed by atoms with Crippen LogP contribution in [0, 0.1) is 11.6 Å². The molecule has 0 aliphatic rings. The molecule has 0 amide bonds. The van der Waals surface area contributed by atoms with Crippen LogP contribution in [0.5, 0.6) is 5.75 Å². The third-order valence-corrected chi connectivity index (χ3v) is 3.56. The highest BCUT2D eigenvalue weighted by molar-refractivity contribution is 6.32. The largest absolute Gasteiger partial charge is 0.495 e. The average molecular weight is 312 g/mol. The van der Waals surface area contributed by atoms with Gasteiger partial charge in [0.15, 0.2) is 0 Å². The molecule has 0 heterocycles. The molecule has 0 aliphatic carbocycles. The molecule has 0 radical (unpaired) electrons. The fourth-order valence-electron chi connectivity index (χ4n) is 2.12. The van der Waals surface area contributed by atoms with Gasteiger partial charge < -0.3 is 10.1 Å². The third kappa shape index (κ3) is 3.71. The van der Waals surface area contributed by atoms with Gasteiger partial charge in [0.1, 0.15) is 17.4 Å². The molecular weight excluding hydrogens is 296 g/mol. The van der Waals surface area contributed by atoms with Gasteiger partial charge in [-0.3, -0.25) is 0 Å². The van der Waals surface area contributed by atoms with E-state index in [0.29, 0.717) is 17.3 Å². The first-order chi connectivity index (χ1) is 10.0. The van der Waals surface area contributed by atoms with E-state index in [1.54, 1.807) is 26.2 Å². The van der Waals surface area contributed by atoms with E-state index in [9.17, 15) is 8.78 Å². The van der Waals surface area contributed by atoms with E-state index >= 15 is 0 Å². The Balaban J connectivity index is 2.07. The van der Waals surface area contributed by atoms with Crippen LogP contribution in [0.4, 0.5) is 8.78 Å². The Kier molecular flexibility index (Phi) is 5.15. The van der Waals surface area contributed by atoms with Crippen LogP contribution >= 0.6 is 11.6 Å². The lowest BCUT2D eigenvalue weighted by atomic mass is 10.1. The molecule has 0 aliphatic heterocycles. The zero-order valence-corrected chi connectivity index (χ0v) is 12.5. The number of methoxy groups -OCH3 is 1. The summed E-state index contributed by atoms with van der Waals surface area (Å²) in [6.07, 6.45) is 0. The van der Waals surface area contributed by atoms with Crippen molar-refractivity contribution < 1.29 is 13.5 Å². The highest BCUT2D eigenvalue weighted by Crippen LogP contribution is 2.25. The van der Waals surface area contributed by atoms with Gasteiger partial charge in [-0.05, 0) is 36.8 Å². The van der Waals surface area contributed by atoms with E-state index in [2.05, 4.69) is 5.32 Å². The average Bonchev–Trinajstić information content (AvgIpc) is 2.45. The van der Waals surface area contributed by atoms with Gasteiger partial charge in [-0.1, -0.05) is 23.7 Å². The molecule has 5 heteroatoms. The van der Waals surface area contributed by atoms with Gasteiger partial charge in [0.2, 0.25) is 0 Å². The van der Waals surface area contributed by atoms with Gasteiger partial charge in [-0.25, -0.2) is 8.78 Å². The van der Waals surface area contributed by atoms with Crippen LogP contribution in [0.2, 0.25) is 5.02 Å². The number of halogens is 3. The van der Waals surface area contributed by atoms with Crippen molar-refractivity contribution in [1.82, 2.24) is 5.32 Å². The number of nitrogens with one attached hydrogen (secondary N) is 1. The first-order valence-corrected chi connectivity index (χ1v) is 6.90. The van der Waals surface area contributed by atoms with Crippen LogP contribution in [0.15, 0.2) is 36.4 Å². The summed E-state index contributed by atoms with van der Waals surface area (Å²) >= 11 is 6.04. The fraction of sp³-hybridized carbons (Fsp3) is 0.250. The molecule has 21 heavy (non-hydrogen) atoms. The number of rotatable bonds is 5. The molecule has 0 saturated heterocycles.